The van der Waals surface area contributed by atoms with Crippen molar-refractivity contribution < 1.29 is 0 Å². The predicted molar refractivity (Wildman–Crippen MR) is 95.6 cm³/mol. The number of aliphatic imine (C=N–C) groups is 1. The Morgan fingerprint density at radius 1 is 1.35 bits per heavy atom. The lowest BCUT2D eigenvalue weighted by molar-refractivity contribution is 0.242. The highest BCUT2D eigenvalue weighted by Gasteiger charge is 2.30. The highest BCUT2D eigenvalue weighted by atomic mass is 127. The Balaban J connectivity index is 0.00000200. The minimum atomic E-state index is 0. The van der Waals surface area contributed by atoms with Gasteiger partial charge in [0, 0.05) is 31.7 Å². The highest BCUT2D eigenvalue weighted by molar-refractivity contribution is 14.0. The summed E-state index contributed by atoms with van der Waals surface area (Å²) in [5.74, 6) is 3.42. The lowest BCUT2D eigenvalue weighted by Crippen LogP contribution is -2.45. The zero-order chi connectivity index (χ0) is 13.5. The molecule has 1 aliphatic carbocycles. The van der Waals surface area contributed by atoms with E-state index in [9.17, 15) is 0 Å². The van der Waals surface area contributed by atoms with Crippen molar-refractivity contribution in [2.45, 2.75) is 51.1 Å². The summed E-state index contributed by atoms with van der Waals surface area (Å²) in [7, 11) is 0. The molecule has 2 aliphatic rings. The molecule has 0 radical (unpaired) electrons. The van der Waals surface area contributed by atoms with Crippen LogP contribution in [0.25, 0.3) is 0 Å². The van der Waals surface area contributed by atoms with Crippen LogP contribution in [0.2, 0.25) is 0 Å². The first-order valence-corrected chi connectivity index (χ1v) is 7.56. The molecule has 2 rings (SSSR count). The first kappa shape index (κ1) is 17.6. The maximum atomic E-state index is 5.27. The molecule has 1 saturated heterocycles. The second-order valence-corrected chi connectivity index (χ2v) is 5.46. The molecule has 0 amide bonds. The van der Waals surface area contributed by atoms with Crippen molar-refractivity contribution in [1.82, 2.24) is 15.5 Å². The van der Waals surface area contributed by atoms with E-state index < -0.39 is 0 Å². The fraction of sp³-hybridized carbons (Fsp3) is 0.800. The van der Waals surface area contributed by atoms with Crippen LogP contribution in [0.3, 0.4) is 0 Å². The van der Waals surface area contributed by atoms with Crippen LogP contribution in [0.15, 0.2) is 4.99 Å². The van der Waals surface area contributed by atoms with Gasteiger partial charge in [0.25, 0.3) is 0 Å². The van der Waals surface area contributed by atoms with E-state index in [-0.39, 0.29) is 24.0 Å². The van der Waals surface area contributed by atoms with E-state index in [0.29, 0.717) is 12.6 Å². The van der Waals surface area contributed by atoms with Crippen LogP contribution in [0.4, 0.5) is 0 Å². The molecule has 2 N–H and O–H groups in total. The van der Waals surface area contributed by atoms with Gasteiger partial charge < -0.3 is 10.6 Å². The van der Waals surface area contributed by atoms with Crippen LogP contribution in [-0.4, -0.2) is 49.1 Å². The van der Waals surface area contributed by atoms with Gasteiger partial charge in [-0.05, 0) is 26.2 Å². The van der Waals surface area contributed by atoms with Crippen molar-refractivity contribution in [1.29, 1.82) is 0 Å². The van der Waals surface area contributed by atoms with Gasteiger partial charge in [-0.15, -0.1) is 30.4 Å². The number of hydrogen-bond acceptors (Lipinski definition) is 2. The molecule has 20 heavy (non-hydrogen) atoms. The van der Waals surface area contributed by atoms with Gasteiger partial charge in [0.2, 0.25) is 0 Å². The molecule has 2 fully saturated rings. The summed E-state index contributed by atoms with van der Waals surface area (Å²) in [6.45, 7) is 5.75. The summed E-state index contributed by atoms with van der Waals surface area (Å²) in [4.78, 5) is 7.01. The Labute approximate surface area is 140 Å². The Morgan fingerprint density at radius 3 is 2.75 bits per heavy atom. The zero-order valence-electron chi connectivity index (χ0n) is 12.4. The molecule has 5 heteroatoms. The molecule has 0 aromatic heterocycles. The molecule has 0 aromatic carbocycles. The number of nitrogens with one attached hydrogen (secondary N) is 2. The number of halogens is 1. The molecule has 0 bridgehead atoms. The van der Waals surface area contributed by atoms with Gasteiger partial charge >= 0.3 is 0 Å². The number of likely N-dealkylation sites (tertiary alicyclic amines) is 1. The van der Waals surface area contributed by atoms with E-state index >= 15 is 0 Å². The molecular formula is C15H27IN4. The highest BCUT2D eigenvalue weighted by Crippen LogP contribution is 2.26. The van der Waals surface area contributed by atoms with Gasteiger partial charge in [-0.3, -0.25) is 4.90 Å². The molecule has 1 saturated carbocycles. The van der Waals surface area contributed by atoms with Gasteiger partial charge in [-0.2, -0.15) is 0 Å². The average molecular weight is 390 g/mol. The minimum Gasteiger partial charge on any atom is -0.357 e. The topological polar surface area (TPSA) is 39.7 Å². The Kier molecular flexibility index (Phi) is 8.31. The fourth-order valence-electron chi connectivity index (χ4n) is 3.14. The largest absolute Gasteiger partial charge is 0.357 e. The summed E-state index contributed by atoms with van der Waals surface area (Å²) < 4.78 is 0. The lowest BCUT2D eigenvalue weighted by atomic mass is 10.2. The maximum absolute atomic E-state index is 5.27. The molecular weight excluding hydrogens is 363 g/mol. The Bertz CT molecular complexity index is 344. The van der Waals surface area contributed by atoms with Crippen molar-refractivity contribution in [2.75, 3.05) is 26.2 Å². The minimum absolute atomic E-state index is 0. The second kappa shape index (κ2) is 9.46. The van der Waals surface area contributed by atoms with E-state index in [1.165, 1.54) is 38.6 Å². The Hall–Kier alpha value is -0.480. The number of guanidine groups is 1. The van der Waals surface area contributed by atoms with Crippen molar-refractivity contribution in [3.05, 3.63) is 0 Å². The molecule has 1 unspecified atom stereocenters. The van der Waals surface area contributed by atoms with E-state index in [1.807, 2.05) is 0 Å². The summed E-state index contributed by atoms with van der Waals surface area (Å²) >= 11 is 0. The van der Waals surface area contributed by atoms with Crippen molar-refractivity contribution in [3.8, 4) is 12.3 Å². The monoisotopic (exact) mass is 390 g/mol. The normalized spacial score (nSPS) is 24.2. The first-order chi connectivity index (χ1) is 9.33. The number of nitrogens with zero attached hydrogens (tertiary/aromatic N) is 2. The summed E-state index contributed by atoms with van der Waals surface area (Å²) in [5.41, 5.74) is 0. The number of terminal acetylenes is 1. The van der Waals surface area contributed by atoms with Crippen LogP contribution in [-0.2, 0) is 0 Å². The quantitative estimate of drug-likeness (QED) is 0.333. The number of hydrogen-bond donors (Lipinski definition) is 2. The van der Waals surface area contributed by atoms with Crippen LogP contribution in [0.5, 0.6) is 0 Å². The second-order valence-electron chi connectivity index (χ2n) is 5.46. The average Bonchev–Trinajstić information content (AvgIpc) is 3.06. The van der Waals surface area contributed by atoms with Gasteiger partial charge in [0.1, 0.15) is 6.54 Å². The predicted octanol–water partition coefficient (Wildman–Crippen LogP) is 1.81. The van der Waals surface area contributed by atoms with Gasteiger partial charge in [0.05, 0.1) is 0 Å². The first-order valence-electron chi connectivity index (χ1n) is 7.56. The molecule has 0 aromatic rings. The third-order valence-electron chi connectivity index (χ3n) is 4.07. The van der Waals surface area contributed by atoms with E-state index in [0.717, 1.165) is 25.1 Å². The SMILES string of the molecule is C#CCN=C(NCC)NC1CCN(C2CCCC2)C1.I. The molecule has 4 nitrogen and oxygen atoms in total. The van der Waals surface area contributed by atoms with Crippen molar-refractivity contribution in [2.24, 2.45) is 4.99 Å². The smallest absolute Gasteiger partial charge is 0.192 e. The molecule has 1 aliphatic heterocycles. The van der Waals surface area contributed by atoms with Gasteiger partial charge in [-0.25, -0.2) is 4.99 Å². The molecule has 114 valence electrons. The van der Waals surface area contributed by atoms with Crippen molar-refractivity contribution >= 4 is 29.9 Å². The summed E-state index contributed by atoms with van der Waals surface area (Å²) in [5, 5.41) is 6.76. The van der Waals surface area contributed by atoms with Crippen molar-refractivity contribution in [3.63, 3.8) is 0 Å². The van der Waals surface area contributed by atoms with E-state index in [1.54, 1.807) is 0 Å². The van der Waals surface area contributed by atoms with Gasteiger partial charge in [0.15, 0.2) is 5.96 Å². The van der Waals surface area contributed by atoms with Crippen LogP contribution < -0.4 is 10.6 Å². The maximum Gasteiger partial charge on any atom is 0.192 e. The van der Waals surface area contributed by atoms with Crippen LogP contribution in [0.1, 0.15) is 39.0 Å². The number of rotatable bonds is 4. The third kappa shape index (κ3) is 5.13. The summed E-state index contributed by atoms with van der Waals surface area (Å²) in [6, 6.07) is 1.34. The molecule has 1 heterocycles. The molecule has 0 spiro atoms. The third-order valence-corrected chi connectivity index (χ3v) is 4.07. The fourth-order valence-corrected chi connectivity index (χ4v) is 3.14. The van der Waals surface area contributed by atoms with Crippen LogP contribution >= 0.6 is 24.0 Å². The lowest BCUT2D eigenvalue weighted by Gasteiger charge is -2.24. The van der Waals surface area contributed by atoms with Gasteiger partial charge in [-0.1, -0.05) is 18.8 Å². The van der Waals surface area contributed by atoms with E-state index in [4.69, 9.17) is 6.42 Å². The standard InChI is InChI=1S/C15H26N4.HI/c1-3-10-17-15(16-4-2)18-13-9-11-19(12-13)14-7-5-6-8-14;/h1,13-14H,4-12H2,2H3,(H2,16,17,18);1H. The zero-order valence-corrected chi connectivity index (χ0v) is 14.7. The van der Waals surface area contributed by atoms with Crippen LogP contribution in [0, 0.1) is 12.3 Å². The Morgan fingerprint density at radius 2 is 2.10 bits per heavy atom. The molecule has 1 atom stereocenters. The van der Waals surface area contributed by atoms with E-state index in [2.05, 4.69) is 33.4 Å². The summed E-state index contributed by atoms with van der Waals surface area (Å²) in [6.07, 6.45) is 12.1.